The first-order chi connectivity index (χ1) is 13.5. The third-order valence-corrected chi connectivity index (χ3v) is 5.58. The van der Waals surface area contributed by atoms with E-state index >= 15 is 0 Å². The standard InChI is InChI=1S/C19H20BrN3O4S/c1-22(11-14-4-3-8-27-14)17(24)12-28-19-21-16-6-5-13(20)10-15(16)18(25)23(19)7-9-26-2/h3-6,8,10H,7,9,11-12H2,1-2H3. The van der Waals surface area contributed by atoms with Crippen LogP contribution in [0.4, 0.5) is 0 Å². The first-order valence-electron chi connectivity index (χ1n) is 8.57. The molecule has 0 saturated heterocycles. The zero-order valence-corrected chi connectivity index (χ0v) is 18.0. The van der Waals surface area contributed by atoms with Crippen molar-refractivity contribution in [1.29, 1.82) is 0 Å². The third kappa shape index (κ3) is 4.84. The molecule has 2 aromatic heterocycles. The fraction of sp³-hybridized carbons (Fsp3) is 0.316. The maximum Gasteiger partial charge on any atom is 0.262 e. The molecule has 0 bridgehead atoms. The van der Waals surface area contributed by atoms with E-state index in [2.05, 4.69) is 20.9 Å². The third-order valence-electron chi connectivity index (χ3n) is 4.12. The number of halogens is 1. The van der Waals surface area contributed by atoms with E-state index in [1.54, 1.807) is 48.1 Å². The van der Waals surface area contributed by atoms with Gasteiger partial charge in [-0.15, -0.1) is 0 Å². The van der Waals surface area contributed by atoms with Gasteiger partial charge in [-0.05, 0) is 30.3 Å². The summed E-state index contributed by atoms with van der Waals surface area (Å²) in [6, 6.07) is 8.99. The second-order valence-electron chi connectivity index (χ2n) is 6.12. The van der Waals surface area contributed by atoms with Gasteiger partial charge in [-0.25, -0.2) is 4.98 Å². The van der Waals surface area contributed by atoms with Crippen LogP contribution in [0.15, 0.2) is 55.4 Å². The highest BCUT2D eigenvalue weighted by molar-refractivity contribution is 9.10. The summed E-state index contributed by atoms with van der Waals surface area (Å²) in [5.74, 6) is 0.802. The van der Waals surface area contributed by atoms with Gasteiger partial charge in [-0.2, -0.15) is 0 Å². The van der Waals surface area contributed by atoms with Crippen molar-refractivity contribution in [3.8, 4) is 0 Å². The van der Waals surface area contributed by atoms with Gasteiger partial charge in [0.25, 0.3) is 5.56 Å². The Balaban J connectivity index is 1.81. The summed E-state index contributed by atoms with van der Waals surface area (Å²) in [5.41, 5.74) is 0.447. The second-order valence-corrected chi connectivity index (χ2v) is 7.98. The monoisotopic (exact) mass is 465 g/mol. The van der Waals surface area contributed by atoms with Crippen LogP contribution >= 0.6 is 27.7 Å². The van der Waals surface area contributed by atoms with Crippen LogP contribution in [0.25, 0.3) is 10.9 Å². The minimum absolute atomic E-state index is 0.0788. The number of benzene rings is 1. The number of rotatable bonds is 8. The molecule has 0 fully saturated rings. The number of nitrogens with zero attached hydrogens (tertiary/aromatic N) is 3. The smallest absolute Gasteiger partial charge is 0.262 e. The van der Waals surface area contributed by atoms with E-state index in [0.29, 0.717) is 41.5 Å². The van der Waals surface area contributed by atoms with E-state index in [4.69, 9.17) is 9.15 Å². The molecule has 3 aromatic rings. The molecule has 1 amide bonds. The summed E-state index contributed by atoms with van der Waals surface area (Å²) < 4.78 is 12.8. The Morgan fingerprint density at radius 3 is 2.93 bits per heavy atom. The van der Waals surface area contributed by atoms with E-state index in [-0.39, 0.29) is 17.2 Å². The number of hydrogen-bond donors (Lipinski definition) is 0. The number of fused-ring (bicyclic) bond motifs is 1. The Labute approximate surface area is 174 Å². The first-order valence-corrected chi connectivity index (χ1v) is 10.4. The average Bonchev–Trinajstić information content (AvgIpc) is 3.19. The summed E-state index contributed by atoms with van der Waals surface area (Å²) in [6.45, 7) is 1.13. The van der Waals surface area contributed by atoms with Crippen LogP contribution in [0.2, 0.25) is 0 Å². The molecule has 28 heavy (non-hydrogen) atoms. The van der Waals surface area contributed by atoms with Gasteiger partial charge in [0.15, 0.2) is 5.16 Å². The lowest BCUT2D eigenvalue weighted by Gasteiger charge is -2.17. The number of thioether (sulfide) groups is 1. The lowest BCUT2D eigenvalue weighted by atomic mass is 10.2. The van der Waals surface area contributed by atoms with E-state index in [9.17, 15) is 9.59 Å². The quantitative estimate of drug-likeness (QED) is 0.375. The van der Waals surface area contributed by atoms with E-state index in [1.165, 1.54) is 11.8 Å². The van der Waals surface area contributed by atoms with Crippen molar-refractivity contribution in [3.63, 3.8) is 0 Å². The molecular formula is C19H20BrN3O4S. The maximum atomic E-state index is 12.9. The Bertz CT molecular complexity index is 1020. The molecule has 0 radical (unpaired) electrons. The molecule has 148 valence electrons. The Morgan fingerprint density at radius 1 is 1.39 bits per heavy atom. The number of ether oxygens (including phenoxy) is 1. The molecule has 0 atom stereocenters. The summed E-state index contributed by atoms with van der Waals surface area (Å²) in [5, 5.41) is 1.02. The minimum Gasteiger partial charge on any atom is -0.467 e. The molecule has 0 N–H and O–H groups in total. The van der Waals surface area contributed by atoms with Gasteiger partial charge in [0.2, 0.25) is 5.91 Å². The van der Waals surface area contributed by atoms with Crippen LogP contribution in [0.3, 0.4) is 0 Å². The Hall–Kier alpha value is -2.10. The summed E-state index contributed by atoms with van der Waals surface area (Å²) >= 11 is 4.63. The predicted molar refractivity (Wildman–Crippen MR) is 111 cm³/mol. The molecule has 0 unspecified atom stereocenters. The molecule has 0 saturated carbocycles. The number of furan rings is 1. The average molecular weight is 466 g/mol. The fourth-order valence-corrected chi connectivity index (χ4v) is 3.95. The van der Waals surface area contributed by atoms with Crippen molar-refractivity contribution in [1.82, 2.24) is 14.5 Å². The van der Waals surface area contributed by atoms with Crippen LogP contribution in [-0.2, 0) is 22.6 Å². The molecule has 0 spiro atoms. The molecule has 0 aliphatic carbocycles. The zero-order valence-electron chi connectivity index (χ0n) is 15.6. The van der Waals surface area contributed by atoms with Crippen molar-refractivity contribution < 1.29 is 13.9 Å². The Morgan fingerprint density at radius 2 is 2.21 bits per heavy atom. The van der Waals surface area contributed by atoms with E-state index in [0.717, 1.165) is 4.47 Å². The Kier molecular flexibility index (Phi) is 6.93. The number of carbonyl (C=O) groups is 1. The van der Waals surface area contributed by atoms with Crippen LogP contribution in [0, 0.1) is 0 Å². The van der Waals surface area contributed by atoms with Crippen molar-refractivity contribution in [2.24, 2.45) is 0 Å². The van der Waals surface area contributed by atoms with Gasteiger partial charge >= 0.3 is 0 Å². The number of aromatic nitrogens is 2. The number of carbonyl (C=O) groups excluding carboxylic acids is 1. The van der Waals surface area contributed by atoms with Gasteiger partial charge < -0.3 is 14.1 Å². The van der Waals surface area contributed by atoms with Crippen molar-refractivity contribution in [2.75, 3.05) is 26.5 Å². The predicted octanol–water partition coefficient (Wildman–Crippen LogP) is 3.15. The maximum absolute atomic E-state index is 12.9. The molecule has 0 aliphatic rings. The van der Waals surface area contributed by atoms with Gasteiger partial charge in [0.1, 0.15) is 5.76 Å². The van der Waals surface area contributed by atoms with Gasteiger partial charge in [0.05, 0.1) is 42.6 Å². The van der Waals surface area contributed by atoms with E-state index in [1.807, 2.05) is 12.1 Å². The summed E-state index contributed by atoms with van der Waals surface area (Å²) in [7, 11) is 3.30. The molecule has 9 heteroatoms. The van der Waals surface area contributed by atoms with Crippen LogP contribution in [0.5, 0.6) is 0 Å². The second kappa shape index (κ2) is 9.40. The van der Waals surface area contributed by atoms with Gasteiger partial charge in [-0.3, -0.25) is 14.2 Å². The highest BCUT2D eigenvalue weighted by Gasteiger charge is 2.16. The van der Waals surface area contributed by atoms with Crippen molar-refractivity contribution in [2.45, 2.75) is 18.2 Å². The van der Waals surface area contributed by atoms with E-state index < -0.39 is 0 Å². The molecular weight excluding hydrogens is 446 g/mol. The summed E-state index contributed by atoms with van der Waals surface area (Å²) in [6.07, 6.45) is 1.58. The molecule has 3 rings (SSSR count). The van der Waals surface area contributed by atoms with Crippen molar-refractivity contribution >= 4 is 44.5 Å². The van der Waals surface area contributed by atoms with Crippen LogP contribution in [-0.4, -0.2) is 46.9 Å². The lowest BCUT2D eigenvalue weighted by molar-refractivity contribution is -0.127. The number of amides is 1. The minimum atomic E-state index is -0.151. The normalized spacial score (nSPS) is 11.1. The topological polar surface area (TPSA) is 77.6 Å². The largest absolute Gasteiger partial charge is 0.467 e. The number of hydrogen-bond acceptors (Lipinski definition) is 6. The highest BCUT2D eigenvalue weighted by atomic mass is 79.9. The fourth-order valence-electron chi connectivity index (χ4n) is 2.62. The van der Waals surface area contributed by atoms with Gasteiger partial charge in [-0.1, -0.05) is 27.7 Å². The van der Waals surface area contributed by atoms with Gasteiger partial charge in [0, 0.05) is 18.6 Å². The SMILES string of the molecule is COCCn1c(SCC(=O)N(C)Cc2ccco2)nc2ccc(Br)cc2c1=O. The molecule has 0 aliphatic heterocycles. The molecule has 2 heterocycles. The van der Waals surface area contributed by atoms with Crippen LogP contribution in [0.1, 0.15) is 5.76 Å². The zero-order chi connectivity index (χ0) is 20.1. The lowest BCUT2D eigenvalue weighted by Crippen LogP contribution is -2.29. The number of methoxy groups -OCH3 is 1. The molecule has 7 nitrogen and oxygen atoms in total. The summed E-state index contributed by atoms with van der Waals surface area (Å²) in [4.78, 5) is 31.6. The first kappa shape index (κ1) is 20.6. The highest BCUT2D eigenvalue weighted by Crippen LogP contribution is 2.21. The van der Waals surface area contributed by atoms with Crippen LogP contribution < -0.4 is 5.56 Å². The molecule has 1 aromatic carbocycles. The van der Waals surface area contributed by atoms with Crippen molar-refractivity contribution in [3.05, 3.63) is 57.2 Å².